The molecule has 0 saturated heterocycles. The number of ether oxygens (including phenoxy) is 1. The Balaban J connectivity index is 2.13. The number of phenols is 1. The topological polar surface area (TPSA) is 41.5 Å². The first-order valence-corrected chi connectivity index (χ1v) is 6.41. The van der Waals surface area contributed by atoms with E-state index in [1.165, 1.54) is 0 Å². The van der Waals surface area contributed by atoms with Gasteiger partial charge in [0.2, 0.25) is 0 Å². The van der Waals surface area contributed by atoms with E-state index in [-0.39, 0.29) is 5.75 Å². The Morgan fingerprint density at radius 3 is 2.74 bits per heavy atom. The molecule has 0 saturated carbocycles. The van der Waals surface area contributed by atoms with Crippen molar-refractivity contribution in [2.75, 3.05) is 7.05 Å². The Morgan fingerprint density at radius 1 is 1.21 bits per heavy atom. The summed E-state index contributed by atoms with van der Waals surface area (Å²) in [4.78, 5) is 0. The second-order valence-electron chi connectivity index (χ2n) is 4.21. The van der Waals surface area contributed by atoms with Gasteiger partial charge in [-0.1, -0.05) is 29.8 Å². The van der Waals surface area contributed by atoms with Gasteiger partial charge in [0.15, 0.2) is 0 Å². The quantitative estimate of drug-likeness (QED) is 0.881. The van der Waals surface area contributed by atoms with Crippen molar-refractivity contribution in [1.29, 1.82) is 0 Å². The van der Waals surface area contributed by atoms with E-state index in [9.17, 15) is 5.11 Å². The third-order valence-electron chi connectivity index (χ3n) is 2.73. The first-order valence-electron chi connectivity index (χ1n) is 6.03. The molecule has 2 rings (SSSR count). The number of hydrogen-bond donors (Lipinski definition) is 2. The highest BCUT2D eigenvalue weighted by molar-refractivity contribution is 6.31. The average Bonchev–Trinajstić information content (AvgIpc) is 2.40. The molecule has 100 valence electrons. The minimum Gasteiger partial charge on any atom is -0.508 e. The van der Waals surface area contributed by atoms with E-state index in [0.717, 1.165) is 16.9 Å². The van der Waals surface area contributed by atoms with E-state index in [0.29, 0.717) is 18.2 Å². The zero-order valence-electron chi connectivity index (χ0n) is 10.7. The molecule has 19 heavy (non-hydrogen) atoms. The van der Waals surface area contributed by atoms with Gasteiger partial charge in [-0.3, -0.25) is 0 Å². The molecule has 2 aromatic rings. The fourth-order valence-corrected chi connectivity index (χ4v) is 2.06. The molecule has 0 bridgehead atoms. The Bertz CT molecular complexity index is 558. The van der Waals surface area contributed by atoms with Gasteiger partial charge in [0, 0.05) is 17.1 Å². The minimum absolute atomic E-state index is 0.239. The molecular weight excluding hydrogens is 262 g/mol. The molecule has 0 heterocycles. The lowest BCUT2D eigenvalue weighted by molar-refractivity contribution is 0.301. The second kappa shape index (κ2) is 6.45. The summed E-state index contributed by atoms with van der Waals surface area (Å²) in [6, 6.07) is 12.6. The molecule has 2 N–H and O–H groups in total. The van der Waals surface area contributed by atoms with Crippen molar-refractivity contribution in [3.8, 4) is 11.5 Å². The predicted molar refractivity (Wildman–Crippen MR) is 76.7 cm³/mol. The van der Waals surface area contributed by atoms with E-state index in [1.807, 2.05) is 31.3 Å². The minimum atomic E-state index is 0.239. The Hall–Kier alpha value is -1.71. The van der Waals surface area contributed by atoms with Crippen LogP contribution in [0.25, 0.3) is 0 Å². The van der Waals surface area contributed by atoms with Crippen LogP contribution in [0.3, 0.4) is 0 Å². The van der Waals surface area contributed by atoms with Gasteiger partial charge in [0.25, 0.3) is 0 Å². The molecule has 0 aliphatic carbocycles. The summed E-state index contributed by atoms with van der Waals surface area (Å²) < 4.78 is 5.78. The van der Waals surface area contributed by atoms with Crippen molar-refractivity contribution in [3.05, 3.63) is 58.6 Å². The van der Waals surface area contributed by atoms with Crippen LogP contribution in [-0.4, -0.2) is 12.2 Å². The molecule has 0 spiro atoms. The van der Waals surface area contributed by atoms with Gasteiger partial charge in [0.1, 0.15) is 18.1 Å². The Kier molecular flexibility index (Phi) is 4.66. The van der Waals surface area contributed by atoms with Gasteiger partial charge in [-0.2, -0.15) is 0 Å². The highest BCUT2D eigenvalue weighted by Gasteiger charge is 2.07. The molecule has 0 amide bonds. The molecule has 0 atom stereocenters. The van der Waals surface area contributed by atoms with Crippen molar-refractivity contribution < 1.29 is 9.84 Å². The Morgan fingerprint density at radius 2 is 2.00 bits per heavy atom. The Labute approximate surface area is 117 Å². The smallest absolute Gasteiger partial charge is 0.125 e. The van der Waals surface area contributed by atoms with Crippen LogP contribution in [0, 0.1) is 0 Å². The predicted octanol–water partition coefficient (Wildman–Crippen LogP) is 3.34. The zero-order chi connectivity index (χ0) is 13.7. The normalized spacial score (nSPS) is 10.4. The maximum atomic E-state index is 9.41. The maximum Gasteiger partial charge on any atom is 0.125 e. The van der Waals surface area contributed by atoms with Gasteiger partial charge < -0.3 is 15.2 Å². The van der Waals surface area contributed by atoms with Gasteiger partial charge in [-0.25, -0.2) is 0 Å². The fourth-order valence-electron chi connectivity index (χ4n) is 1.83. The first-order chi connectivity index (χ1) is 9.20. The lowest BCUT2D eigenvalue weighted by atomic mass is 10.2. The van der Waals surface area contributed by atoms with Crippen LogP contribution in [0.5, 0.6) is 11.5 Å². The van der Waals surface area contributed by atoms with E-state index >= 15 is 0 Å². The van der Waals surface area contributed by atoms with Gasteiger partial charge in [-0.15, -0.1) is 0 Å². The van der Waals surface area contributed by atoms with Crippen LogP contribution in [0.1, 0.15) is 11.1 Å². The van der Waals surface area contributed by atoms with Crippen LogP contribution in [0.2, 0.25) is 5.02 Å². The SMILES string of the molecule is CNCc1c(Cl)cccc1OCc1cccc(O)c1. The molecular formula is C15H16ClNO2. The lowest BCUT2D eigenvalue weighted by Gasteiger charge is -2.13. The summed E-state index contributed by atoms with van der Waals surface area (Å²) in [6.45, 7) is 1.04. The summed E-state index contributed by atoms with van der Waals surface area (Å²) in [6.07, 6.45) is 0. The number of halogens is 1. The zero-order valence-corrected chi connectivity index (χ0v) is 11.4. The summed E-state index contributed by atoms with van der Waals surface area (Å²) >= 11 is 6.16. The van der Waals surface area contributed by atoms with E-state index in [2.05, 4.69) is 5.32 Å². The van der Waals surface area contributed by atoms with E-state index < -0.39 is 0 Å². The van der Waals surface area contributed by atoms with Gasteiger partial charge in [-0.05, 0) is 36.9 Å². The van der Waals surface area contributed by atoms with Crippen LogP contribution >= 0.6 is 11.6 Å². The van der Waals surface area contributed by atoms with Crippen LogP contribution in [-0.2, 0) is 13.2 Å². The van der Waals surface area contributed by atoms with Crippen LogP contribution < -0.4 is 10.1 Å². The summed E-state index contributed by atoms with van der Waals surface area (Å²) in [7, 11) is 1.86. The number of hydrogen-bond acceptors (Lipinski definition) is 3. The molecule has 4 heteroatoms. The fraction of sp³-hybridized carbons (Fsp3) is 0.200. The number of rotatable bonds is 5. The monoisotopic (exact) mass is 277 g/mol. The van der Waals surface area contributed by atoms with Crippen molar-refractivity contribution in [2.45, 2.75) is 13.2 Å². The van der Waals surface area contributed by atoms with E-state index in [4.69, 9.17) is 16.3 Å². The third-order valence-corrected chi connectivity index (χ3v) is 3.09. The largest absolute Gasteiger partial charge is 0.508 e. The molecule has 0 unspecified atom stereocenters. The number of nitrogens with one attached hydrogen (secondary N) is 1. The average molecular weight is 278 g/mol. The molecule has 2 aromatic carbocycles. The highest BCUT2D eigenvalue weighted by atomic mass is 35.5. The third kappa shape index (κ3) is 3.63. The molecule has 3 nitrogen and oxygen atoms in total. The standard InChI is InChI=1S/C15H16ClNO2/c1-17-9-13-14(16)6-3-7-15(13)19-10-11-4-2-5-12(18)8-11/h2-8,17-18H,9-10H2,1H3. The van der Waals surface area contributed by atoms with Crippen molar-refractivity contribution in [3.63, 3.8) is 0 Å². The maximum absolute atomic E-state index is 9.41. The lowest BCUT2D eigenvalue weighted by Crippen LogP contribution is -2.08. The van der Waals surface area contributed by atoms with Crippen molar-refractivity contribution >= 4 is 11.6 Å². The van der Waals surface area contributed by atoms with E-state index in [1.54, 1.807) is 18.2 Å². The molecule has 0 aliphatic rings. The van der Waals surface area contributed by atoms with Gasteiger partial charge in [0.05, 0.1) is 0 Å². The van der Waals surface area contributed by atoms with Crippen molar-refractivity contribution in [1.82, 2.24) is 5.32 Å². The summed E-state index contributed by atoms with van der Waals surface area (Å²) in [5.41, 5.74) is 1.85. The number of phenolic OH excluding ortho intramolecular Hbond substituents is 1. The van der Waals surface area contributed by atoms with Gasteiger partial charge >= 0.3 is 0 Å². The number of benzene rings is 2. The molecule has 0 aliphatic heterocycles. The molecule has 0 fully saturated rings. The molecule has 0 aromatic heterocycles. The van der Waals surface area contributed by atoms with Crippen LogP contribution in [0.4, 0.5) is 0 Å². The second-order valence-corrected chi connectivity index (χ2v) is 4.61. The summed E-state index contributed by atoms with van der Waals surface area (Å²) in [5.74, 6) is 0.993. The summed E-state index contributed by atoms with van der Waals surface area (Å²) in [5, 5.41) is 13.2. The van der Waals surface area contributed by atoms with Crippen molar-refractivity contribution in [2.24, 2.45) is 0 Å². The first kappa shape index (κ1) is 13.7. The highest BCUT2D eigenvalue weighted by Crippen LogP contribution is 2.27. The molecule has 0 radical (unpaired) electrons. The number of aromatic hydroxyl groups is 1. The van der Waals surface area contributed by atoms with Crippen LogP contribution in [0.15, 0.2) is 42.5 Å².